The summed E-state index contributed by atoms with van der Waals surface area (Å²) in [6.07, 6.45) is 8.49. The predicted molar refractivity (Wildman–Crippen MR) is 86.0 cm³/mol. The second-order valence-corrected chi connectivity index (χ2v) is 7.94. The largest absolute Gasteiger partial charge is 0.339 e. The molecule has 0 saturated carbocycles. The average molecular weight is 304 g/mol. The van der Waals surface area contributed by atoms with Crippen LogP contribution in [0.15, 0.2) is 5.38 Å². The maximum atomic E-state index is 12.9. The summed E-state index contributed by atoms with van der Waals surface area (Å²) in [5.74, 6) is 0.301. The van der Waals surface area contributed by atoms with Gasteiger partial charge >= 0.3 is 0 Å². The Morgan fingerprint density at radius 1 is 1.19 bits per heavy atom. The first kappa shape index (κ1) is 13.8. The number of likely N-dealkylation sites (tertiary alicyclic amines) is 1. The lowest BCUT2D eigenvalue weighted by Gasteiger charge is -2.39. The van der Waals surface area contributed by atoms with Crippen molar-refractivity contribution in [3.63, 3.8) is 0 Å². The minimum atomic E-state index is 0.301. The predicted octanol–water partition coefficient (Wildman–Crippen LogP) is 2.84. The molecule has 3 heterocycles. The lowest BCUT2D eigenvalue weighted by atomic mass is 9.77. The third-order valence-electron chi connectivity index (χ3n) is 5.74. The average Bonchev–Trinajstić information content (AvgIpc) is 3.15. The number of hydrogen-bond acceptors (Lipinski definition) is 3. The maximum absolute atomic E-state index is 12.9. The van der Waals surface area contributed by atoms with Crippen LogP contribution in [0.3, 0.4) is 0 Å². The molecule has 1 N–H and O–H groups in total. The van der Waals surface area contributed by atoms with Gasteiger partial charge in [-0.25, -0.2) is 0 Å². The number of fused-ring (bicyclic) bond motifs is 1. The van der Waals surface area contributed by atoms with Crippen LogP contribution in [0.2, 0.25) is 0 Å². The third-order valence-corrected chi connectivity index (χ3v) is 6.82. The molecule has 0 radical (unpaired) electrons. The van der Waals surface area contributed by atoms with Gasteiger partial charge in [0.15, 0.2) is 0 Å². The molecule has 1 aliphatic carbocycles. The molecule has 114 valence electrons. The van der Waals surface area contributed by atoms with E-state index in [1.807, 2.05) is 0 Å². The molecule has 0 aromatic carbocycles. The van der Waals surface area contributed by atoms with E-state index in [1.165, 1.54) is 49.0 Å². The van der Waals surface area contributed by atoms with E-state index in [9.17, 15) is 4.79 Å². The molecule has 2 fully saturated rings. The van der Waals surface area contributed by atoms with Crippen LogP contribution in [0.1, 0.15) is 52.9 Å². The number of aryl methyl sites for hydroxylation is 1. The zero-order valence-corrected chi connectivity index (χ0v) is 13.4. The van der Waals surface area contributed by atoms with Crippen LogP contribution in [0.25, 0.3) is 0 Å². The Balaban J connectivity index is 1.47. The first-order chi connectivity index (χ1) is 10.3. The number of nitrogens with one attached hydrogen (secondary N) is 1. The number of amides is 1. The van der Waals surface area contributed by atoms with Crippen molar-refractivity contribution < 1.29 is 4.79 Å². The van der Waals surface area contributed by atoms with Crippen LogP contribution >= 0.6 is 11.3 Å². The van der Waals surface area contributed by atoms with Gasteiger partial charge in [0.05, 0.1) is 5.56 Å². The van der Waals surface area contributed by atoms with E-state index in [-0.39, 0.29) is 0 Å². The van der Waals surface area contributed by atoms with E-state index in [2.05, 4.69) is 15.6 Å². The molecule has 0 bridgehead atoms. The lowest BCUT2D eigenvalue weighted by molar-refractivity contribution is 0.0607. The number of rotatable bonds is 1. The Kier molecular flexibility index (Phi) is 3.54. The molecule has 4 rings (SSSR count). The standard InChI is InChI=1S/C17H24N2OS/c20-16(14-11-21-15-4-2-1-3-13(14)15)19-9-6-17(7-10-19)5-8-18-12-17/h11,18H,1-10,12H2. The van der Waals surface area contributed by atoms with E-state index >= 15 is 0 Å². The van der Waals surface area contributed by atoms with Crippen LogP contribution in [0.5, 0.6) is 0 Å². The third kappa shape index (κ3) is 2.42. The number of hydrogen-bond donors (Lipinski definition) is 1. The van der Waals surface area contributed by atoms with Crippen molar-refractivity contribution in [1.82, 2.24) is 10.2 Å². The van der Waals surface area contributed by atoms with E-state index in [4.69, 9.17) is 0 Å². The summed E-state index contributed by atoms with van der Waals surface area (Å²) in [4.78, 5) is 16.4. The molecule has 1 aromatic rings. The van der Waals surface area contributed by atoms with Crippen LogP contribution < -0.4 is 5.32 Å². The summed E-state index contributed by atoms with van der Waals surface area (Å²) in [6.45, 7) is 4.21. The summed E-state index contributed by atoms with van der Waals surface area (Å²) in [5, 5.41) is 5.62. The van der Waals surface area contributed by atoms with E-state index < -0.39 is 0 Å². The quantitative estimate of drug-likeness (QED) is 0.865. The SMILES string of the molecule is O=C(c1csc2c1CCCC2)N1CCC2(CCNC2)CC1. The molecule has 4 heteroatoms. The molecule has 2 saturated heterocycles. The van der Waals surface area contributed by atoms with Crippen molar-refractivity contribution in [2.45, 2.75) is 44.9 Å². The molecule has 0 atom stereocenters. The second kappa shape index (κ2) is 5.40. The first-order valence-corrected chi connectivity index (χ1v) is 9.25. The fraction of sp³-hybridized carbons (Fsp3) is 0.706. The number of carbonyl (C=O) groups is 1. The van der Waals surface area contributed by atoms with Crippen LogP contribution in [0.4, 0.5) is 0 Å². The number of piperidine rings is 1. The molecule has 2 aliphatic heterocycles. The maximum Gasteiger partial charge on any atom is 0.254 e. The molecule has 3 nitrogen and oxygen atoms in total. The molecule has 0 unspecified atom stereocenters. The van der Waals surface area contributed by atoms with Gasteiger partial charge in [-0.2, -0.15) is 0 Å². The van der Waals surface area contributed by atoms with Gasteiger partial charge in [-0.1, -0.05) is 0 Å². The highest BCUT2D eigenvalue weighted by Gasteiger charge is 2.38. The zero-order chi connectivity index (χ0) is 14.3. The van der Waals surface area contributed by atoms with Gasteiger partial charge in [0.25, 0.3) is 5.91 Å². The number of nitrogens with zero attached hydrogens (tertiary/aromatic N) is 1. The van der Waals surface area contributed by atoms with E-state index in [0.717, 1.165) is 38.2 Å². The van der Waals surface area contributed by atoms with Crippen LogP contribution in [0, 0.1) is 5.41 Å². The van der Waals surface area contributed by atoms with Gasteiger partial charge in [0, 0.05) is 29.9 Å². The van der Waals surface area contributed by atoms with Crippen LogP contribution in [-0.4, -0.2) is 37.0 Å². The Morgan fingerprint density at radius 2 is 2.00 bits per heavy atom. The van der Waals surface area contributed by atoms with Gasteiger partial charge in [0.1, 0.15) is 0 Å². The molecular formula is C17H24N2OS. The Hall–Kier alpha value is -0.870. The van der Waals surface area contributed by atoms with Crippen molar-refractivity contribution in [3.8, 4) is 0 Å². The Morgan fingerprint density at radius 3 is 2.76 bits per heavy atom. The fourth-order valence-electron chi connectivity index (χ4n) is 4.25. The molecule has 21 heavy (non-hydrogen) atoms. The van der Waals surface area contributed by atoms with Gasteiger partial charge in [-0.15, -0.1) is 11.3 Å². The van der Waals surface area contributed by atoms with Gasteiger partial charge in [0.2, 0.25) is 0 Å². The van der Waals surface area contributed by atoms with Crippen molar-refractivity contribution in [3.05, 3.63) is 21.4 Å². The highest BCUT2D eigenvalue weighted by atomic mass is 32.1. The fourth-order valence-corrected chi connectivity index (χ4v) is 5.37. The zero-order valence-electron chi connectivity index (χ0n) is 12.6. The number of thiophene rings is 1. The lowest BCUT2D eigenvalue weighted by Crippen LogP contribution is -2.44. The summed E-state index contributed by atoms with van der Waals surface area (Å²) in [5.41, 5.74) is 2.89. The Labute approximate surface area is 130 Å². The highest BCUT2D eigenvalue weighted by Crippen LogP contribution is 2.38. The molecule has 1 amide bonds. The number of carbonyl (C=O) groups excluding carboxylic acids is 1. The Bertz CT molecular complexity index is 535. The molecule has 1 aromatic heterocycles. The minimum Gasteiger partial charge on any atom is -0.339 e. The normalized spacial score (nSPS) is 24.3. The monoisotopic (exact) mass is 304 g/mol. The summed E-state index contributed by atoms with van der Waals surface area (Å²) < 4.78 is 0. The summed E-state index contributed by atoms with van der Waals surface area (Å²) in [6, 6.07) is 0. The van der Waals surface area contributed by atoms with Crippen molar-refractivity contribution >= 4 is 17.2 Å². The smallest absolute Gasteiger partial charge is 0.254 e. The van der Waals surface area contributed by atoms with Crippen molar-refractivity contribution in [2.75, 3.05) is 26.2 Å². The summed E-state index contributed by atoms with van der Waals surface area (Å²) >= 11 is 1.81. The van der Waals surface area contributed by atoms with E-state index in [0.29, 0.717) is 11.3 Å². The topological polar surface area (TPSA) is 32.3 Å². The second-order valence-electron chi connectivity index (χ2n) is 6.98. The highest BCUT2D eigenvalue weighted by molar-refractivity contribution is 7.10. The van der Waals surface area contributed by atoms with Gasteiger partial charge < -0.3 is 10.2 Å². The van der Waals surface area contributed by atoms with E-state index in [1.54, 1.807) is 11.3 Å². The first-order valence-electron chi connectivity index (χ1n) is 8.37. The van der Waals surface area contributed by atoms with Crippen molar-refractivity contribution in [1.29, 1.82) is 0 Å². The molecule has 3 aliphatic rings. The van der Waals surface area contributed by atoms with Crippen LogP contribution in [-0.2, 0) is 12.8 Å². The van der Waals surface area contributed by atoms with Gasteiger partial charge in [-0.3, -0.25) is 4.79 Å². The molecule has 1 spiro atoms. The summed E-state index contributed by atoms with van der Waals surface area (Å²) in [7, 11) is 0. The van der Waals surface area contributed by atoms with Gasteiger partial charge in [-0.05, 0) is 62.5 Å². The van der Waals surface area contributed by atoms with Crippen molar-refractivity contribution in [2.24, 2.45) is 5.41 Å². The molecular weight excluding hydrogens is 280 g/mol. The minimum absolute atomic E-state index is 0.301.